The van der Waals surface area contributed by atoms with Gasteiger partial charge in [-0.3, -0.25) is 0 Å². The van der Waals surface area contributed by atoms with Crippen LogP contribution in [0.1, 0.15) is 78.2 Å². The maximum Gasteiger partial charge on any atom is 0.165 e. The Morgan fingerprint density at radius 3 is 2.42 bits per heavy atom. The highest BCUT2D eigenvalue weighted by Crippen LogP contribution is 2.31. The summed E-state index contributed by atoms with van der Waals surface area (Å²) in [6.07, 6.45) is 5.43. The molecule has 2 rings (SSSR count). The van der Waals surface area contributed by atoms with Gasteiger partial charge in [0.25, 0.3) is 0 Å². The molecule has 1 aromatic rings. The van der Waals surface area contributed by atoms with Gasteiger partial charge in [0.1, 0.15) is 18.0 Å². The summed E-state index contributed by atoms with van der Waals surface area (Å²) in [5.41, 5.74) is 1.06. The van der Waals surface area contributed by atoms with Gasteiger partial charge in [-0.1, -0.05) is 69.9 Å². The molecule has 0 aromatic heterocycles. The Morgan fingerprint density at radius 2 is 1.76 bits per heavy atom. The fourth-order valence-corrected chi connectivity index (χ4v) is 3.71. The number of ether oxygens (including phenoxy) is 4. The second-order valence-electron chi connectivity index (χ2n) is 8.89. The highest BCUT2D eigenvalue weighted by atomic mass is 16.8. The lowest BCUT2D eigenvalue weighted by atomic mass is 10.0. The molecule has 1 N–H and O–H groups in total. The van der Waals surface area contributed by atoms with Gasteiger partial charge in [-0.05, 0) is 56.2 Å². The van der Waals surface area contributed by atoms with Crippen LogP contribution in [-0.4, -0.2) is 42.4 Å². The fraction of sp³-hybridized carbons (Fsp3) is 0.643. The van der Waals surface area contributed by atoms with E-state index in [0.717, 1.165) is 30.6 Å². The number of methoxy groups -OCH3 is 1. The number of aliphatic hydroxyl groups is 1. The van der Waals surface area contributed by atoms with Gasteiger partial charge in [0.2, 0.25) is 0 Å². The van der Waals surface area contributed by atoms with E-state index in [1.165, 1.54) is 19.3 Å². The minimum absolute atomic E-state index is 0.205. The first-order valence-electron chi connectivity index (χ1n) is 12.2. The van der Waals surface area contributed by atoms with Gasteiger partial charge < -0.3 is 24.1 Å². The number of hydrogen-bond donors (Lipinski definition) is 1. The standard InChI is InChI=1S/C28H40O5/c1-6-8-9-10-11-15-25(29)27-26(32-28(3,4)33-27)16-13-12-14-23(7-2)31-21-22-17-19-24(30-5)20-18-22/h17-20,23,25-27,29H,6-11,15,21H2,1-5H3/t23-,25+,26+,27-/m0/s1. The Bertz CT molecular complexity index is 809. The Balaban J connectivity index is 1.89. The molecule has 1 aliphatic rings. The summed E-state index contributed by atoms with van der Waals surface area (Å²) < 4.78 is 23.0. The fourth-order valence-electron chi connectivity index (χ4n) is 3.71. The molecule has 1 saturated heterocycles. The molecule has 0 bridgehead atoms. The Kier molecular flexibility index (Phi) is 11.8. The Morgan fingerprint density at radius 1 is 1.03 bits per heavy atom. The zero-order valence-electron chi connectivity index (χ0n) is 20.9. The van der Waals surface area contributed by atoms with Gasteiger partial charge in [-0.15, -0.1) is 0 Å². The number of hydrogen-bond acceptors (Lipinski definition) is 5. The van der Waals surface area contributed by atoms with Crippen LogP contribution in [-0.2, 0) is 20.8 Å². The van der Waals surface area contributed by atoms with Crippen LogP contribution in [0, 0.1) is 23.7 Å². The molecule has 0 aliphatic carbocycles. The lowest BCUT2D eigenvalue weighted by Gasteiger charge is -2.20. The zero-order chi connectivity index (χ0) is 24.1. The molecule has 5 heteroatoms. The van der Waals surface area contributed by atoms with Gasteiger partial charge in [-0.25, -0.2) is 0 Å². The van der Waals surface area contributed by atoms with E-state index < -0.39 is 24.1 Å². The first-order chi connectivity index (χ1) is 15.9. The molecule has 1 heterocycles. The van der Waals surface area contributed by atoms with Crippen molar-refractivity contribution in [2.75, 3.05) is 7.11 Å². The summed E-state index contributed by atoms with van der Waals surface area (Å²) in [4.78, 5) is 0. The van der Waals surface area contributed by atoms with Crippen molar-refractivity contribution >= 4 is 0 Å². The first kappa shape index (κ1) is 27.2. The molecule has 5 nitrogen and oxygen atoms in total. The molecular weight excluding hydrogens is 416 g/mol. The van der Waals surface area contributed by atoms with Crippen molar-refractivity contribution in [2.45, 2.75) is 109 Å². The number of aliphatic hydroxyl groups excluding tert-OH is 1. The minimum Gasteiger partial charge on any atom is -0.497 e. The van der Waals surface area contributed by atoms with E-state index in [4.69, 9.17) is 18.9 Å². The third-order valence-corrected chi connectivity index (χ3v) is 5.60. The van der Waals surface area contributed by atoms with Crippen molar-refractivity contribution < 1.29 is 24.1 Å². The summed E-state index contributed by atoms with van der Waals surface area (Å²) >= 11 is 0. The summed E-state index contributed by atoms with van der Waals surface area (Å²) in [5, 5.41) is 10.7. The van der Waals surface area contributed by atoms with E-state index in [-0.39, 0.29) is 6.10 Å². The van der Waals surface area contributed by atoms with Gasteiger partial charge in [0.05, 0.1) is 19.8 Å². The molecule has 1 aliphatic heterocycles. The van der Waals surface area contributed by atoms with Crippen molar-refractivity contribution in [3.8, 4) is 29.4 Å². The van der Waals surface area contributed by atoms with Crippen LogP contribution in [0.5, 0.6) is 5.75 Å². The lowest BCUT2D eigenvalue weighted by Crippen LogP contribution is -2.34. The van der Waals surface area contributed by atoms with E-state index in [2.05, 4.69) is 30.6 Å². The first-order valence-corrected chi connectivity index (χ1v) is 12.2. The molecule has 0 amide bonds. The van der Waals surface area contributed by atoms with Gasteiger partial charge >= 0.3 is 0 Å². The van der Waals surface area contributed by atoms with Gasteiger partial charge in [0.15, 0.2) is 11.9 Å². The highest BCUT2D eigenvalue weighted by Gasteiger charge is 2.43. The number of unbranched alkanes of at least 4 members (excludes halogenated alkanes) is 4. The van der Waals surface area contributed by atoms with Gasteiger partial charge in [0, 0.05) is 0 Å². The molecule has 1 aromatic carbocycles. The minimum atomic E-state index is -0.770. The quantitative estimate of drug-likeness (QED) is 0.344. The van der Waals surface area contributed by atoms with Crippen molar-refractivity contribution in [2.24, 2.45) is 0 Å². The molecule has 0 unspecified atom stereocenters. The van der Waals surface area contributed by atoms with Crippen molar-refractivity contribution in [1.82, 2.24) is 0 Å². The van der Waals surface area contributed by atoms with E-state index >= 15 is 0 Å². The Hall–Kier alpha value is -2.02. The highest BCUT2D eigenvalue weighted by molar-refractivity contribution is 5.30. The zero-order valence-corrected chi connectivity index (χ0v) is 20.9. The monoisotopic (exact) mass is 456 g/mol. The second-order valence-corrected chi connectivity index (χ2v) is 8.89. The van der Waals surface area contributed by atoms with Crippen LogP contribution in [0.15, 0.2) is 24.3 Å². The van der Waals surface area contributed by atoms with Crippen LogP contribution in [0.3, 0.4) is 0 Å². The number of rotatable bonds is 12. The third kappa shape index (κ3) is 9.78. The van der Waals surface area contributed by atoms with Gasteiger partial charge in [-0.2, -0.15) is 0 Å². The van der Waals surface area contributed by atoms with E-state index in [1.54, 1.807) is 7.11 Å². The van der Waals surface area contributed by atoms with Crippen molar-refractivity contribution in [1.29, 1.82) is 0 Å². The van der Waals surface area contributed by atoms with Crippen molar-refractivity contribution in [3.63, 3.8) is 0 Å². The van der Waals surface area contributed by atoms with Crippen LogP contribution >= 0.6 is 0 Å². The topological polar surface area (TPSA) is 57.2 Å². The SMILES string of the molecule is CCCCCCC[C@@H](O)[C@@H]1OC(C)(C)O[C@@H]1C#CC#C[C@H](CC)OCc1ccc(OC)cc1. The molecule has 0 spiro atoms. The molecule has 33 heavy (non-hydrogen) atoms. The van der Waals surface area contributed by atoms with E-state index in [1.807, 2.05) is 45.0 Å². The van der Waals surface area contributed by atoms with Crippen LogP contribution in [0.25, 0.3) is 0 Å². The summed E-state index contributed by atoms with van der Waals surface area (Å²) in [6, 6.07) is 7.79. The largest absolute Gasteiger partial charge is 0.497 e. The summed E-state index contributed by atoms with van der Waals surface area (Å²) in [7, 11) is 1.65. The Labute approximate surface area is 200 Å². The van der Waals surface area contributed by atoms with Crippen LogP contribution < -0.4 is 4.74 Å². The lowest BCUT2D eigenvalue weighted by molar-refractivity contribution is -0.153. The normalized spacial score (nSPS) is 20.8. The van der Waals surface area contributed by atoms with E-state index in [0.29, 0.717) is 13.0 Å². The molecule has 182 valence electrons. The van der Waals surface area contributed by atoms with E-state index in [9.17, 15) is 5.11 Å². The maximum absolute atomic E-state index is 10.7. The van der Waals surface area contributed by atoms with Crippen molar-refractivity contribution in [3.05, 3.63) is 29.8 Å². The second kappa shape index (κ2) is 14.3. The molecule has 1 fully saturated rings. The molecule has 4 atom stereocenters. The maximum atomic E-state index is 10.7. The molecule has 0 radical (unpaired) electrons. The predicted molar refractivity (Wildman–Crippen MR) is 131 cm³/mol. The smallest absolute Gasteiger partial charge is 0.165 e. The van der Waals surface area contributed by atoms with Crippen LogP contribution in [0.4, 0.5) is 0 Å². The third-order valence-electron chi connectivity index (χ3n) is 5.60. The van der Waals surface area contributed by atoms with Crippen LogP contribution in [0.2, 0.25) is 0 Å². The summed E-state index contributed by atoms with van der Waals surface area (Å²) in [5.74, 6) is 12.0. The average Bonchev–Trinajstić information content (AvgIpc) is 3.13. The average molecular weight is 457 g/mol. The number of benzene rings is 1. The summed E-state index contributed by atoms with van der Waals surface area (Å²) in [6.45, 7) is 8.40. The predicted octanol–water partition coefficient (Wildman–Crippen LogP) is 5.24. The molecule has 0 saturated carbocycles. The molecular formula is C28H40O5.